The fourth-order valence-corrected chi connectivity index (χ4v) is 1.95. The van der Waals surface area contributed by atoms with Gasteiger partial charge in [0.25, 0.3) is 0 Å². The molecule has 0 aliphatic heterocycles. The molecule has 102 valence electrons. The molecule has 1 fully saturated rings. The summed E-state index contributed by atoms with van der Waals surface area (Å²) in [6, 6.07) is 7.80. The molecule has 2 rings (SSSR count). The number of benzene rings is 1. The van der Waals surface area contributed by atoms with Crippen LogP contribution in [0.5, 0.6) is 0 Å². The average molecular weight is 261 g/mol. The fourth-order valence-electron chi connectivity index (χ4n) is 1.95. The quantitative estimate of drug-likeness (QED) is 0.742. The molecule has 2 N–H and O–H groups in total. The van der Waals surface area contributed by atoms with Crippen LogP contribution in [0.4, 0.5) is 5.69 Å². The van der Waals surface area contributed by atoms with Crippen LogP contribution in [0, 0.1) is 5.92 Å². The first-order chi connectivity index (χ1) is 9.15. The van der Waals surface area contributed by atoms with E-state index in [0.29, 0.717) is 6.42 Å². The number of carboxylic acids is 1. The number of carbonyl (C=O) groups excluding carboxylic acids is 1. The zero-order valence-corrected chi connectivity index (χ0v) is 10.9. The van der Waals surface area contributed by atoms with Gasteiger partial charge in [0.1, 0.15) is 0 Å². The lowest BCUT2D eigenvalue weighted by molar-refractivity contribution is -0.137. The van der Waals surface area contributed by atoms with E-state index in [-0.39, 0.29) is 18.2 Å². The van der Waals surface area contributed by atoms with E-state index in [1.54, 1.807) is 0 Å². The van der Waals surface area contributed by atoms with Gasteiger partial charge < -0.3 is 10.4 Å². The van der Waals surface area contributed by atoms with Crippen LogP contribution in [0.15, 0.2) is 24.3 Å². The molecule has 4 nitrogen and oxygen atoms in total. The average Bonchev–Trinajstić information content (AvgIpc) is 3.20. The van der Waals surface area contributed by atoms with Gasteiger partial charge in [0.05, 0.1) is 0 Å². The molecule has 4 heteroatoms. The minimum absolute atomic E-state index is 0.120. The molecule has 0 bridgehead atoms. The molecule has 0 aromatic heterocycles. The minimum Gasteiger partial charge on any atom is -0.481 e. The number of nitrogens with one attached hydrogen (secondary N) is 1. The number of unbranched alkanes of at least 4 members (excludes halogenated alkanes) is 1. The van der Waals surface area contributed by atoms with Gasteiger partial charge in [-0.1, -0.05) is 12.1 Å². The molecule has 0 radical (unpaired) electrons. The van der Waals surface area contributed by atoms with Crippen molar-refractivity contribution in [2.45, 2.75) is 38.5 Å². The minimum atomic E-state index is -0.738. The summed E-state index contributed by atoms with van der Waals surface area (Å²) in [6.07, 6.45) is 4.70. The first-order valence-electron chi connectivity index (χ1n) is 6.77. The molecule has 1 aliphatic rings. The molecular formula is C15H19NO3. The molecule has 0 heterocycles. The first-order valence-corrected chi connectivity index (χ1v) is 6.77. The van der Waals surface area contributed by atoms with Crippen molar-refractivity contribution in [3.05, 3.63) is 29.8 Å². The van der Waals surface area contributed by atoms with E-state index in [9.17, 15) is 9.59 Å². The van der Waals surface area contributed by atoms with E-state index in [4.69, 9.17) is 5.11 Å². The summed E-state index contributed by atoms with van der Waals surface area (Å²) in [7, 11) is 0. The van der Waals surface area contributed by atoms with Gasteiger partial charge in [-0.2, -0.15) is 0 Å². The van der Waals surface area contributed by atoms with Gasteiger partial charge in [-0.25, -0.2) is 0 Å². The summed E-state index contributed by atoms with van der Waals surface area (Å²) in [5.41, 5.74) is 2.01. The van der Waals surface area contributed by atoms with Gasteiger partial charge in [-0.05, 0) is 49.8 Å². The Balaban J connectivity index is 1.74. The Bertz CT molecular complexity index is 449. The molecule has 1 aromatic rings. The van der Waals surface area contributed by atoms with Crippen molar-refractivity contribution in [1.82, 2.24) is 0 Å². The zero-order valence-electron chi connectivity index (χ0n) is 10.9. The van der Waals surface area contributed by atoms with E-state index in [1.807, 2.05) is 24.3 Å². The summed E-state index contributed by atoms with van der Waals surface area (Å²) in [5.74, 6) is -0.400. The lowest BCUT2D eigenvalue weighted by Crippen LogP contribution is -2.13. The smallest absolute Gasteiger partial charge is 0.303 e. The Morgan fingerprint density at radius 2 is 1.84 bits per heavy atom. The highest BCUT2D eigenvalue weighted by atomic mass is 16.4. The third-order valence-electron chi connectivity index (χ3n) is 3.28. The zero-order chi connectivity index (χ0) is 13.7. The maximum absolute atomic E-state index is 11.6. The lowest BCUT2D eigenvalue weighted by Gasteiger charge is -2.05. The van der Waals surface area contributed by atoms with Crippen LogP contribution in [-0.2, 0) is 16.0 Å². The molecule has 1 saturated carbocycles. The van der Waals surface area contributed by atoms with E-state index >= 15 is 0 Å². The Labute approximate surface area is 112 Å². The van der Waals surface area contributed by atoms with E-state index < -0.39 is 5.97 Å². The van der Waals surface area contributed by atoms with Crippen LogP contribution >= 0.6 is 0 Å². The second-order valence-electron chi connectivity index (χ2n) is 5.06. The van der Waals surface area contributed by atoms with Crippen LogP contribution in [0.3, 0.4) is 0 Å². The molecule has 19 heavy (non-hydrogen) atoms. The molecule has 0 atom stereocenters. The molecular weight excluding hydrogens is 242 g/mol. The molecule has 0 unspecified atom stereocenters. The fraction of sp³-hybridized carbons (Fsp3) is 0.467. The van der Waals surface area contributed by atoms with Crippen LogP contribution in [0.2, 0.25) is 0 Å². The number of rotatable bonds is 7. The van der Waals surface area contributed by atoms with Crippen molar-refractivity contribution in [1.29, 1.82) is 0 Å². The van der Waals surface area contributed by atoms with Gasteiger partial charge in [-0.15, -0.1) is 0 Å². The van der Waals surface area contributed by atoms with Crippen molar-refractivity contribution in [2.24, 2.45) is 5.92 Å². The number of hydrogen-bond acceptors (Lipinski definition) is 2. The number of anilines is 1. The monoisotopic (exact) mass is 261 g/mol. The topological polar surface area (TPSA) is 66.4 Å². The van der Waals surface area contributed by atoms with Gasteiger partial charge in [0, 0.05) is 18.0 Å². The SMILES string of the molecule is O=C(O)CCCCc1ccc(NC(=O)C2CC2)cc1. The second kappa shape index (κ2) is 6.36. The van der Waals surface area contributed by atoms with Gasteiger partial charge in [0.2, 0.25) is 5.91 Å². The highest BCUT2D eigenvalue weighted by Gasteiger charge is 2.29. The molecule has 0 spiro atoms. The number of amides is 1. The van der Waals surface area contributed by atoms with Gasteiger partial charge in [0.15, 0.2) is 0 Å². The van der Waals surface area contributed by atoms with Crippen molar-refractivity contribution < 1.29 is 14.7 Å². The highest BCUT2D eigenvalue weighted by molar-refractivity contribution is 5.93. The van der Waals surface area contributed by atoms with Gasteiger partial charge in [-0.3, -0.25) is 9.59 Å². The Kier molecular flexibility index (Phi) is 4.55. The predicted octanol–water partition coefficient (Wildman–Crippen LogP) is 2.83. The Morgan fingerprint density at radius 3 is 2.42 bits per heavy atom. The summed E-state index contributed by atoms with van der Waals surface area (Å²) in [5, 5.41) is 11.4. The van der Waals surface area contributed by atoms with Crippen molar-refractivity contribution in [2.75, 3.05) is 5.32 Å². The van der Waals surface area contributed by atoms with E-state index in [1.165, 1.54) is 5.56 Å². The van der Waals surface area contributed by atoms with Crippen molar-refractivity contribution >= 4 is 17.6 Å². The number of carbonyl (C=O) groups is 2. The first kappa shape index (κ1) is 13.6. The number of aryl methyl sites for hydroxylation is 1. The largest absolute Gasteiger partial charge is 0.481 e. The summed E-state index contributed by atoms with van der Waals surface area (Å²) in [6.45, 7) is 0. The molecule has 1 aliphatic carbocycles. The van der Waals surface area contributed by atoms with E-state index in [0.717, 1.165) is 31.4 Å². The van der Waals surface area contributed by atoms with Crippen molar-refractivity contribution in [3.63, 3.8) is 0 Å². The van der Waals surface area contributed by atoms with Crippen LogP contribution in [-0.4, -0.2) is 17.0 Å². The molecule has 1 aromatic carbocycles. The maximum Gasteiger partial charge on any atom is 0.303 e. The Hall–Kier alpha value is -1.84. The normalized spacial score (nSPS) is 14.1. The third kappa shape index (κ3) is 4.73. The predicted molar refractivity (Wildman–Crippen MR) is 73.0 cm³/mol. The lowest BCUT2D eigenvalue weighted by atomic mass is 10.1. The number of hydrogen-bond donors (Lipinski definition) is 2. The summed E-state index contributed by atoms with van der Waals surface area (Å²) >= 11 is 0. The summed E-state index contributed by atoms with van der Waals surface area (Å²) in [4.78, 5) is 21.9. The standard InChI is InChI=1S/C15H19NO3/c17-14(18)4-2-1-3-11-5-9-13(10-6-11)16-15(19)12-7-8-12/h5-6,9-10,12H,1-4,7-8H2,(H,16,19)(H,17,18). The van der Waals surface area contributed by atoms with Crippen LogP contribution in [0.25, 0.3) is 0 Å². The van der Waals surface area contributed by atoms with Crippen LogP contribution < -0.4 is 5.32 Å². The van der Waals surface area contributed by atoms with Crippen LogP contribution in [0.1, 0.15) is 37.7 Å². The maximum atomic E-state index is 11.6. The third-order valence-corrected chi connectivity index (χ3v) is 3.28. The van der Waals surface area contributed by atoms with E-state index in [2.05, 4.69) is 5.32 Å². The van der Waals surface area contributed by atoms with Crippen molar-refractivity contribution in [3.8, 4) is 0 Å². The number of carboxylic acid groups (broad SMARTS) is 1. The van der Waals surface area contributed by atoms with Gasteiger partial charge >= 0.3 is 5.97 Å². The second-order valence-corrected chi connectivity index (χ2v) is 5.06. The summed E-state index contributed by atoms with van der Waals surface area (Å²) < 4.78 is 0. The number of aliphatic carboxylic acids is 1. The molecule has 0 saturated heterocycles. The highest BCUT2D eigenvalue weighted by Crippen LogP contribution is 2.30. The Morgan fingerprint density at radius 1 is 1.16 bits per heavy atom. The molecule has 1 amide bonds.